The van der Waals surface area contributed by atoms with E-state index >= 15 is 0 Å². The summed E-state index contributed by atoms with van der Waals surface area (Å²) in [5.41, 5.74) is 3.55. The lowest BCUT2D eigenvalue weighted by atomic mass is 10.1. The second-order valence-corrected chi connectivity index (χ2v) is 6.49. The Labute approximate surface area is 156 Å². The number of nitrogens with zero attached hydrogens (tertiary/aromatic N) is 3. The van der Waals surface area contributed by atoms with E-state index in [1.54, 1.807) is 18.5 Å². The zero-order valence-electron chi connectivity index (χ0n) is 14.0. The molecule has 3 N–H and O–H groups in total. The first-order chi connectivity index (χ1) is 12.7. The minimum Gasteiger partial charge on any atom is -0.387 e. The van der Waals surface area contributed by atoms with Crippen LogP contribution in [0.5, 0.6) is 0 Å². The smallest absolute Gasteiger partial charge is 0.163 e. The zero-order chi connectivity index (χ0) is 17.9. The average Bonchev–Trinajstić information content (AvgIpc) is 3.15. The summed E-state index contributed by atoms with van der Waals surface area (Å²) in [6, 6.07) is 11.1. The number of halogens is 1. The van der Waals surface area contributed by atoms with E-state index in [0.29, 0.717) is 36.0 Å². The molecule has 3 heterocycles. The molecule has 0 fully saturated rings. The van der Waals surface area contributed by atoms with Crippen molar-refractivity contribution in [2.24, 2.45) is 0 Å². The van der Waals surface area contributed by atoms with Crippen LogP contribution in [0.4, 0.5) is 5.82 Å². The molecule has 0 radical (unpaired) electrons. The summed E-state index contributed by atoms with van der Waals surface area (Å²) in [4.78, 5) is 13.4. The third-order valence-electron chi connectivity index (χ3n) is 4.33. The van der Waals surface area contributed by atoms with Crippen LogP contribution in [0.25, 0.3) is 11.4 Å². The van der Waals surface area contributed by atoms with Gasteiger partial charge in [-0.15, -0.1) is 0 Å². The Morgan fingerprint density at radius 1 is 1.15 bits per heavy atom. The standard InChI is InChI=1S/C19H18ClN5O/c20-15-6-2-1-5-13(15)17(26)11-23-19-14-9-22-10-16(14)24-18(25-19)12-4-3-7-21-8-12/h1-8,17,22,26H,9-11H2,(H,23,24,25). The summed E-state index contributed by atoms with van der Waals surface area (Å²) in [7, 11) is 0. The first kappa shape index (κ1) is 16.9. The first-order valence-electron chi connectivity index (χ1n) is 8.39. The van der Waals surface area contributed by atoms with Crippen molar-refractivity contribution in [1.82, 2.24) is 20.3 Å². The summed E-state index contributed by atoms with van der Waals surface area (Å²) in [6.45, 7) is 1.71. The van der Waals surface area contributed by atoms with Crippen molar-refractivity contribution < 1.29 is 5.11 Å². The minimum absolute atomic E-state index is 0.305. The fourth-order valence-electron chi connectivity index (χ4n) is 2.99. The molecule has 26 heavy (non-hydrogen) atoms. The van der Waals surface area contributed by atoms with Crippen LogP contribution in [0.2, 0.25) is 5.02 Å². The van der Waals surface area contributed by atoms with Crippen molar-refractivity contribution in [3.8, 4) is 11.4 Å². The van der Waals surface area contributed by atoms with Gasteiger partial charge in [-0.2, -0.15) is 0 Å². The van der Waals surface area contributed by atoms with Crippen LogP contribution < -0.4 is 10.6 Å². The Morgan fingerprint density at radius 2 is 2.04 bits per heavy atom. The largest absolute Gasteiger partial charge is 0.387 e. The fourth-order valence-corrected chi connectivity index (χ4v) is 3.25. The third-order valence-corrected chi connectivity index (χ3v) is 4.68. The summed E-state index contributed by atoms with van der Waals surface area (Å²) in [6.07, 6.45) is 2.73. The van der Waals surface area contributed by atoms with Crippen molar-refractivity contribution in [2.45, 2.75) is 19.2 Å². The van der Waals surface area contributed by atoms with E-state index < -0.39 is 6.10 Å². The summed E-state index contributed by atoms with van der Waals surface area (Å²) in [5.74, 6) is 1.35. The average molecular weight is 368 g/mol. The van der Waals surface area contributed by atoms with E-state index in [1.165, 1.54) is 0 Å². The van der Waals surface area contributed by atoms with Gasteiger partial charge in [-0.05, 0) is 18.2 Å². The number of aliphatic hydroxyl groups excluding tert-OH is 1. The van der Waals surface area contributed by atoms with Crippen molar-refractivity contribution >= 4 is 17.4 Å². The molecule has 0 saturated carbocycles. The molecular formula is C19H18ClN5O. The van der Waals surface area contributed by atoms with Gasteiger partial charge >= 0.3 is 0 Å². The summed E-state index contributed by atoms with van der Waals surface area (Å²) < 4.78 is 0. The maximum Gasteiger partial charge on any atom is 0.163 e. The van der Waals surface area contributed by atoms with Crippen LogP contribution in [0.1, 0.15) is 22.9 Å². The molecule has 3 aromatic rings. The molecule has 1 aromatic carbocycles. The van der Waals surface area contributed by atoms with Gasteiger partial charge in [0, 0.05) is 53.7 Å². The van der Waals surface area contributed by atoms with Gasteiger partial charge in [-0.25, -0.2) is 9.97 Å². The van der Waals surface area contributed by atoms with Gasteiger partial charge < -0.3 is 15.7 Å². The van der Waals surface area contributed by atoms with Crippen LogP contribution in [0.3, 0.4) is 0 Å². The molecule has 1 aliphatic rings. The highest BCUT2D eigenvalue weighted by molar-refractivity contribution is 6.31. The van der Waals surface area contributed by atoms with Crippen molar-refractivity contribution in [3.63, 3.8) is 0 Å². The van der Waals surface area contributed by atoms with Crippen molar-refractivity contribution in [2.75, 3.05) is 11.9 Å². The topological polar surface area (TPSA) is 83.0 Å². The lowest BCUT2D eigenvalue weighted by Gasteiger charge is -2.16. The highest BCUT2D eigenvalue weighted by Crippen LogP contribution is 2.27. The molecule has 6 nitrogen and oxygen atoms in total. The molecule has 0 amide bonds. The molecule has 0 bridgehead atoms. The number of rotatable bonds is 5. The van der Waals surface area contributed by atoms with E-state index in [9.17, 15) is 5.11 Å². The molecule has 132 valence electrons. The molecular weight excluding hydrogens is 350 g/mol. The normalized spacial score (nSPS) is 14.1. The first-order valence-corrected chi connectivity index (χ1v) is 8.77. The number of hydrogen-bond donors (Lipinski definition) is 3. The number of hydrogen-bond acceptors (Lipinski definition) is 6. The molecule has 7 heteroatoms. The molecule has 1 atom stereocenters. The van der Waals surface area contributed by atoms with E-state index in [-0.39, 0.29) is 0 Å². The summed E-state index contributed by atoms with van der Waals surface area (Å²) in [5, 5.41) is 17.6. The Balaban J connectivity index is 1.60. The van der Waals surface area contributed by atoms with Gasteiger partial charge in [0.2, 0.25) is 0 Å². The van der Waals surface area contributed by atoms with Crippen LogP contribution in [0, 0.1) is 0 Å². The maximum absolute atomic E-state index is 10.5. The maximum atomic E-state index is 10.5. The second-order valence-electron chi connectivity index (χ2n) is 6.08. The number of anilines is 1. The Morgan fingerprint density at radius 3 is 2.85 bits per heavy atom. The monoisotopic (exact) mass is 367 g/mol. The number of nitrogens with one attached hydrogen (secondary N) is 2. The number of aliphatic hydroxyl groups is 1. The van der Waals surface area contributed by atoms with E-state index in [0.717, 1.165) is 22.6 Å². The quantitative estimate of drug-likeness (QED) is 0.643. The Hall–Kier alpha value is -2.54. The van der Waals surface area contributed by atoms with Crippen LogP contribution in [-0.2, 0) is 13.1 Å². The number of fused-ring (bicyclic) bond motifs is 1. The predicted molar refractivity (Wildman–Crippen MR) is 101 cm³/mol. The highest BCUT2D eigenvalue weighted by atomic mass is 35.5. The van der Waals surface area contributed by atoms with Gasteiger partial charge in [-0.1, -0.05) is 29.8 Å². The summed E-state index contributed by atoms with van der Waals surface area (Å²) >= 11 is 6.17. The number of pyridine rings is 1. The van der Waals surface area contributed by atoms with E-state index in [4.69, 9.17) is 11.6 Å². The molecule has 1 unspecified atom stereocenters. The van der Waals surface area contributed by atoms with E-state index in [2.05, 4.69) is 25.6 Å². The van der Waals surface area contributed by atoms with Gasteiger partial charge in [-0.3, -0.25) is 4.98 Å². The SMILES string of the molecule is OC(CNc1nc(-c2cccnc2)nc2c1CNC2)c1ccccc1Cl. The Kier molecular flexibility index (Phi) is 4.79. The number of aromatic nitrogens is 3. The minimum atomic E-state index is -0.731. The fraction of sp³-hybridized carbons (Fsp3) is 0.211. The Bertz CT molecular complexity index is 919. The van der Waals surface area contributed by atoms with Gasteiger partial charge in [0.1, 0.15) is 5.82 Å². The van der Waals surface area contributed by atoms with Crippen molar-refractivity contribution in [1.29, 1.82) is 0 Å². The molecule has 4 rings (SSSR count). The van der Waals surface area contributed by atoms with Crippen LogP contribution in [0.15, 0.2) is 48.8 Å². The van der Waals surface area contributed by atoms with E-state index in [1.807, 2.05) is 30.3 Å². The highest BCUT2D eigenvalue weighted by Gasteiger charge is 2.20. The van der Waals surface area contributed by atoms with Gasteiger partial charge in [0.25, 0.3) is 0 Å². The third kappa shape index (κ3) is 3.39. The zero-order valence-corrected chi connectivity index (χ0v) is 14.7. The molecule has 0 aliphatic carbocycles. The molecule has 2 aromatic heterocycles. The molecule has 0 saturated heterocycles. The lowest BCUT2D eigenvalue weighted by molar-refractivity contribution is 0.191. The van der Waals surface area contributed by atoms with Gasteiger partial charge in [0.05, 0.1) is 11.8 Å². The molecule has 0 spiro atoms. The van der Waals surface area contributed by atoms with Gasteiger partial charge in [0.15, 0.2) is 5.82 Å². The van der Waals surface area contributed by atoms with Crippen LogP contribution >= 0.6 is 11.6 Å². The van der Waals surface area contributed by atoms with Crippen LogP contribution in [-0.4, -0.2) is 26.6 Å². The number of benzene rings is 1. The van der Waals surface area contributed by atoms with Crippen molar-refractivity contribution in [3.05, 3.63) is 70.6 Å². The lowest BCUT2D eigenvalue weighted by Crippen LogP contribution is -2.15. The predicted octanol–water partition coefficient (Wildman–Crippen LogP) is 2.94. The molecule has 1 aliphatic heterocycles. The second kappa shape index (κ2) is 7.37.